The van der Waals surface area contributed by atoms with E-state index in [0.29, 0.717) is 6.04 Å². The largest absolute Gasteiger partial charge is 0.385 e. The quantitative estimate of drug-likeness (QED) is 0.724. The second kappa shape index (κ2) is 9.32. The Morgan fingerprint density at radius 2 is 2.25 bits per heavy atom. The Hall–Kier alpha value is -2.02. The molecule has 1 unspecified atom stereocenters. The number of methoxy groups -OCH3 is 1. The highest BCUT2D eigenvalue weighted by Crippen LogP contribution is 2.15. The van der Waals surface area contributed by atoms with Crippen LogP contribution >= 0.6 is 0 Å². The maximum absolute atomic E-state index is 5.17. The van der Waals surface area contributed by atoms with Gasteiger partial charge in [-0.05, 0) is 20.3 Å². The van der Waals surface area contributed by atoms with Gasteiger partial charge in [0.25, 0.3) is 0 Å². The van der Waals surface area contributed by atoms with E-state index in [2.05, 4.69) is 49.8 Å². The Morgan fingerprint density at radius 1 is 1.42 bits per heavy atom. The summed E-state index contributed by atoms with van der Waals surface area (Å²) in [4.78, 5) is 22.1. The number of rotatable bonds is 8. The molecule has 1 atom stereocenters. The van der Waals surface area contributed by atoms with Gasteiger partial charge in [-0.15, -0.1) is 0 Å². The number of ether oxygens (including phenoxy) is 1. The molecule has 0 radical (unpaired) electrons. The molecule has 0 fully saturated rings. The van der Waals surface area contributed by atoms with E-state index < -0.39 is 0 Å². The second-order valence-corrected chi connectivity index (χ2v) is 5.90. The molecule has 0 bridgehead atoms. The van der Waals surface area contributed by atoms with E-state index in [9.17, 15) is 0 Å². The van der Waals surface area contributed by atoms with Gasteiger partial charge >= 0.3 is 0 Å². The van der Waals surface area contributed by atoms with E-state index in [1.165, 1.54) is 0 Å². The van der Waals surface area contributed by atoms with Crippen molar-refractivity contribution < 1.29 is 4.74 Å². The number of anilines is 1. The van der Waals surface area contributed by atoms with Gasteiger partial charge in [0, 0.05) is 46.0 Å². The zero-order valence-corrected chi connectivity index (χ0v) is 15.1. The third-order valence-corrected chi connectivity index (χ3v) is 4.17. The smallest absolute Gasteiger partial charge is 0.142 e. The van der Waals surface area contributed by atoms with Gasteiger partial charge in [0.2, 0.25) is 0 Å². The normalized spacial score (nSPS) is 17.3. The molecule has 1 aromatic heterocycles. The third-order valence-electron chi connectivity index (χ3n) is 4.17. The van der Waals surface area contributed by atoms with Crippen molar-refractivity contribution in [1.29, 1.82) is 0 Å². The molecule has 7 nitrogen and oxygen atoms in total. The molecule has 0 saturated heterocycles. The Kier molecular flexibility index (Phi) is 7.11. The fourth-order valence-electron chi connectivity index (χ4n) is 2.55. The molecule has 132 valence electrons. The molecule has 0 aliphatic carbocycles. The van der Waals surface area contributed by atoms with E-state index in [1.807, 2.05) is 13.1 Å². The van der Waals surface area contributed by atoms with Crippen LogP contribution in [-0.2, 0) is 11.3 Å². The standard InChI is InChI=1S/C17H28N6O/c1-5-19-17-11-18-7-8-23(17)12-15-10-16(21-13-20-15)22(3)14(2)6-9-24-4/h10-11,13-14H,5-9,12H2,1-4H3. The van der Waals surface area contributed by atoms with Crippen molar-refractivity contribution in [2.45, 2.75) is 32.9 Å². The van der Waals surface area contributed by atoms with Gasteiger partial charge in [-0.3, -0.25) is 9.98 Å². The molecule has 0 aromatic carbocycles. The fraction of sp³-hybridized carbons (Fsp3) is 0.647. The minimum absolute atomic E-state index is 0.354. The number of hydrogen-bond acceptors (Lipinski definition) is 6. The lowest BCUT2D eigenvalue weighted by atomic mass is 10.2. The predicted octanol–water partition coefficient (Wildman–Crippen LogP) is 1.64. The molecule has 2 heterocycles. The van der Waals surface area contributed by atoms with Crippen molar-refractivity contribution in [2.75, 3.05) is 45.3 Å². The van der Waals surface area contributed by atoms with Crippen LogP contribution in [0.25, 0.3) is 0 Å². The SMILES string of the molecule is CCN=C1C=NCCN1Cc1cc(N(C)C(C)CCOC)ncn1. The van der Waals surface area contributed by atoms with E-state index >= 15 is 0 Å². The first-order valence-electron chi connectivity index (χ1n) is 8.47. The topological polar surface area (TPSA) is 66.2 Å². The molecule has 0 spiro atoms. The first-order chi connectivity index (χ1) is 11.7. The minimum Gasteiger partial charge on any atom is -0.385 e. The maximum Gasteiger partial charge on any atom is 0.142 e. The number of aromatic nitrogens is 2. The lowest BCUT2D eigenvalue weighted by molar-refractivity contribution is 0.189. The summed E-state index contributed by atoms with van der Waals surface area (Å²) in [5, 5.41) is 0. The molecule has 7 heteroatoms. The maximum atomic E-state index is 5.17. The summed E-state index contributed by atoms with van der Waals surface area (Å²) in [6.07, 6.45) is 4.45. The van der Waals surface area contributed by atoms with Gasteiger partial charge in [0.1, 0.15) is 18.0 Å². The van der Waals surface area contributed by atoms with E-state index in [-0.39, 0.29) is 0 Å². The van der Waals surface area contributed by atoms with Crippen molar-refractivity contribution in [3.63, 3.8) is 0 Å². The summed E-state index contributed by atoms with van der Waals surface area (Å²) < 4.78 is 5.17. The van der Waals surface area contributed by atoms with Crippen LogP contribution in [0.5, 0.6) is 0 Å². The average molecular weight is 332 g/mol. The number of nitrogens with zero attached hydrogens (tertiary/aromatic N) is 6. The zero-order chi connectivity index (χ0) is 17.4. The number of amidine groups is 1. The highest BCUT2D eigenvalue weighted by molar-refractivity contribution is 6.29. The molecule has 0 saturated carbocycles. The van der Waals surface area contributed by atoms with E-state index in [0.717, 1.165) is 56.6 Å². The van der Waals surface area contributed by atoms with E-state index in [4.69, 9.17) is 4.74 Å². The van der Waals surface area contributed by atoms with Gasteiger partial charge in [-0.1, -0.05) is 0 Å². The van der Waals surface area contributed by atoms with Crippen molar-refractivity contribution in [3.05, 3.63) is 18.1 Å². The van der Waals surface area contributed by atoms with Crippen LogP contribution in [0.3, 0.4) is 0 Å². The van der Waals surface area contributed by atoms with Crippen molar-refractivity contribution in [3.8, 4) is 0 Å². The molecule has 1 aliphatic heterocycles. The molecule has 1 aliphatic rings. The first-order valence-corrected chi connectivity index (χ1v) is 8.47. The van der Waals surface area contributed by atoms with Crippen molar-refractivity contribution in [2.24, 2.45) is 9.98 Å². The van der Waals surface area contributed by atoms with Crippen LogP contribution in [-0.4, -0.2) is 73.4 Å². The molecular formula is C17H28N6O. The summed E-state index contributed by atoms with van der Waals surface area (Å²) >= 11 is 0. The third kappa shape index (κ3) is 4.99. The lowest BCUT2D eigenvalue weighted by Crippen LogP contribution is -2.37. The summed E-state index contributed by atoms with van der Waals surface area (Å²) in [6.45, 7) is 8.10. The number of hydrogen-bond donors (Lipinski definition) is 0. The van der Waals surface area contributed by atoms with Crippen LogP contribution in [0.4, 0.5) is 5.82 Å². The molecule has 2 rings (SSSR count). The highest BCUT2D eigenvalue weighted by Gasteiger charge is 2.16. The monoisotopic (exact) mass is 332 g/mol. The summed E-state index contributed by atoms with van der Waals surface area (Å²) in [7, 11) is 3.79. The predicted molar refractivity (Wildman–Crippen MR) is 98.1 cm³/mol. The van der Waals surface area contributed by atoms with Crippen molar-refractivity contribution in [1.82, 2.24) is 14.9 Å². The molecule has 0 N–H and O–H groups in total. The van der Waals surface area contributed by atoms with E-state index in [1.54, 1.807) is 13.4 Å². The fourth-order valence-corrected chi connectivity index (χ4v) is 2.55. The van der Waals surface area contributed by atoms with Gasteiger partial charge in [-0.2, -0.15) is 0 Å². The van der Waals surface area contributed by atoms with Crippen LogP contribution < -0.4 is 4.90 Å². The Bertz CT molecular complexity index is 574. The average Bonchev–Trinajstić information content (AvgIpc) is 2.61. The second-order valence-electron chi connectivity index (χ2n) is 5.90. The lowest BCUT2D eigenvalue weighted by Gasteiger charge is -2.28. The molecule has 24 heavy (non-hydrogen) atoms. The zero-order valence-electron chi connectivity index (χ0n) is 15.1. The summed E-state index contributed by atoms with van der Waals surface area (Å²) in [5.74, 6) is 1.87. The van der Waals surface area contributed by atoms with Crippen molar-refractivity contribution >= 4 is 17.9 Å². The molecule has 1 aromatic rings. The Balaban J connectivity index is 2.07. The summed E-state index contributed by atoms with van der Waals surface area (Å²) in [6, 6.07) is 2.41. The summed E-state index contributed by atoms with van der Waals surface area (Å²) in [5.41, 5.74) is 0.991. The Morgan fingerprint density at radius 3 is 3.00 bits per heavy atom. The van der Waals surface area contributed by atoms with Gasteiger partial charge < -0.3 is 14.5 Å². The van der Waals surface area contributed by atoms with Gasteiger partial charge in [0.05, 0.1) is 25.0 Å². The molecule has 0 amide bonds. The van der Waals surface area contributed by atoms with Crippen LogP contribution in [0.1, 0.15) is 26.0 Å². The van der Waals surface area contributed by atoms with Gasteiger partial charge in [-0.25, -0.2) is 9.97 Å². The first kappa shape index (κ1) is 18.3. The Labute approximate surface area is 144 Å². The minimum atomic E-state index is 0.354. The number of aliphatic imine (C=N–C) groups is 2. The van der Waals surface area contributed by atoms with Crippen LogP contribution in [0.2, 0.25) is 0 Å². The molecular weight excluding hydrogens is 304 g/mol. The van der Waals surface area contributed by atoms with Gasteiger partial charge in [0.15, 0.2) is 0 Å². The van der Waals surface area contributed by atoms with Crippen LogP contribution in [0.15, 0.2) is 22.4 Å². The van der Waals surface area contributed by atoms with Crippen LogP contribution in [0, 0.1) is 0 Å². The highest BCUT2D eigenvalue weighted by atomic mass is 16.5.